The number of aliphatic hydroxyl groups is 1. The zero-order chi connectivity index (χ0) is 9.56. The Morgan fingerprint density at radius 2 is 2.17 bits per heavy atom. The molecular formula is C10H20OS. The highest BCUT2D eigenvalue weighted by atomic mass is 32.2. The Labute approximate surface area is 80.3 Å². The van der Waals surface area contributed by atoms with Gasteiger partial charge in [-0.2, -0.15) is 11.8 Å². The van der Waals surface area contributed by atoms with Gasteiger partial charge in [0.2, 0.25) is 0 Å². The first-order chi connectivity index (χ1) is 5.56. The van der Waals surface area contributed by atoms with E-state index in [4.69, 9.17) is 0 Å². The molecule has 0 radical (unpaired) electrons. The van der Waals surface area contributed by atoms with E-state index in [9.17, 15) is 5.11 Å². The van der Waals surface area contributed by atoms with Crippen LogP contribution >= 0.6 is 11.8 Å². The molecule has 0 spiro atoms. The molecule has 12 heavy (non-hydrogen) atoms. The minimum absolute atomic E-state index is 0.207. The molecule has 1 N–H and O–H groups in total. The molecule has 2 heteroatoms. The maximum absolute atomic E-state index is 9.48. The highest BCUT2D eigenvalue weighted by molar-refractivity contribution is 7.99. The van der Waals surface area contributed by atoms with Gasteiger partial charge in [0.15, 0.2) is 0 Å². The van der Waals surface area contributed by atoms with Crippen molar-refractivity contribution in [1.82, 2.24) is 0 Å². The van der Waals surface area contributed by atoms with Crippen LogP contribution < -0.4 is 0 Å². The molecule has 0 aromatic rings. The van der Waals surface area contributed by atoms with Crippen molar-refractivity contribution in [2.45, 2.75) is 45.0 Å². The van der Waals surface area contributed by atoms with E-state index in [2.05, 4.69) is 20.4 Å². The van der Waals surface area contributed by atoms with Crippen LogP contribution in [-0.2, 0) is 0 Å². The number of aliphatic hydroxyl groups excluding tert-OH is 1. The first kappa shape index (κ1) is 12.0. The Morgan fingerprint density at radius 3 is 2.58 bits per heavy atom. The van der Waals surface area contributed by atoms with Crippen LogP contribution in [0.25, 0.3) is 0 Å². The smallest absolute Gasteiger partial charge is 0.0667 e. The molecule has 0 rings (SSSR count). The van der Waals surface area contributed by atoms with Gasteiger partial charge in [-0.3, -0.25) is 0 Å². The van der Waals surface area contributed by atoms with Crippen molar-refractivity contribution < 1.29 is 5.11 Å². The molecule has 0 fully saturated rings. The number of hydrogen-bond donors (Lipinski definition) is 1. The molecular weight excluding hydrogens is 168 g/mol. The zero-order valence-electron chi connectivity index (χ0n) is 8.34. The van der Waals surface area contributed by atoms with Crippen molar-refractivity contribution in [3.63, 3.8) is 0 Å². The Morgan fingerprint density at radius 1 is 1.58 bits per heavy atom. The van der Waals surface area contributed by atoms with Crippen LogP contribution in [0.1, 0.15) is 33.6 Å². The normalized spacial score (nSPS) is 15.7. The summed E-state index contributed by atoms with van der Waals surface area (Å²) in [6.45, 7) is 10.1. The fourth-order valence-electron chi connectivity index (χ4n) is 0.854. The summed E-state index contributed by atoms with van der Waals surface area (Å²) in [6.07, 6.45) is 1.70. The molecule has 0 aliphatic carbocycles. The van der Waals surface area contributed by atoms with Crippen molar-refractivity contribution in [3.8, 4) is 0 Å². The van der Waals surface area contributed by atoms with Crippen LogP contribution in [0.15, 0.2) is 12.2 Å². The summed E-state index contributed by atoms with van der Waals surface area (Å²) in [6, 6.07) is 0. The van der Waals surface area contributed by atoms with Crippen LogP contribution in [0.2, 0.25) is 0 Å². The second kappa shape index (κ2) is 6.55. The lowest BCUT2D eigenvalue weighted by molar-refractivity contribution is 0.200. The zero-order valence-corrected chi connectivity index (χ0v) is 9.16. The van der Waals surface area contributed by atoms with E-state index in [1.54, 1.807) is 0 Å². The van der Waals surface area contributed by atoms with Crippen LogP contribution in [0, 0.1) is 0 Å². The predicted octanol–water partition coefficient (Wildman–Crippen LogP) is 2.85. The molecule has 0 aromatic carbocycles. The standard InChI is InChI=1S/C10H20OS/c1-5-9(4)12-7-10(11)6-8(2)3/h9-11H,2,5-7H2,1,3-4H3. The molecule has 0 saturated heterocycles. The molecule has 1 nitrogen and oxygen atoms in total. The third kappa shape index (κ3) is 6.74. The number of thioether (sulfide) groups is 1. The summed E-state index contributed by atoms with van der Waals surface area (Å²) >= 11 is 1.84. The Balaban J connectivity index is 3.43. The summed E-state index contributed by atoms with van der Waals surface area (Å²) in [4.78, 5) is 0. The third-order valence-electron chi connectivity index (χ3n) is 1.73. The summed E-state index contributed by atoms with van der Waals surface area (Å²) in [5.41, 5.74) is 1.06. The van der Waals surface area contributed by atoms with Gasteiger partial charge in [-0.05, 0) is 19.8 Å². The average molecular weight is 188 g/mol. The third-order valence-corrected chi connectivity index (χ3v) is 3.21. The molecule has 72 valence electrons. The highest BCUT2D eigenvalue weighted by Gasteiger charge is 2.06. The minimum atomic E-state index is -0.207. The van der Waals surface area contributed by atoms with Gasteiger partial charge in [-0.15, -0.1) is 6.58 Å². The molecule has 0 aromatic heterocycles. The summed E-state index contributed by atoms with van der Waals surface area (Å²) in [7, 11) is 0. The minimum Gasteiger partial charge on any atom is -0.392 e. The number of hydrogen-bond acceptors (Lipinski definition) is 2. The topological polar surface area (TPSA) is 20.2 Å². The summed E-state index contributed by atoms with van der Waals surface area (Å²) in [5.74, 6) is 0.835. The van der Waals surface area contributed by atoms with E-state index < -0.39 is 0 Å². The molecule has 0 heterocycles. The molecule has 0 saturated carbocycles. The summed E-state index contributed by atoms with van der Waals surface area (Å²) < 4.78 is 0. The maximum atomic E-state index is 9.48. The first-order valence-electron chi connectivity index (χ1n) is 4.50. The fraction of sp³-hybridized carbons (Fsp3) is 0.800. The van der Waals surface area contributed by atoms with Crippen LogP contribution in [0.4, 0.5) is 0 Å². The van der Waals surface area contributed by atoms with Gasteiger partial charge >= 0.3 is 0 Å². The molecule has 2 unspecified atom stereocenters. The van der Waals surface area contributed by atoms with Crippen molar-refractivity contribution >= 4 is 11.8 Å². The van der Waals surface area contributed by atoms with Crippen molar-refractivity contribution in [1.29, 1.82) is 0 Å². The van der Waals surface area contributed by atoms with Crippen molar-refractivity contribution in [2.24, 2.45) is 0 Å². The quantitative estimate of drug-likeness (QED) is 0.647. The van der Waals surface area contributed by atoms with Crippen molar-refractivity contribution in [3.05, 3.63) is 12.2 Å². The monoisotopic (exact) mass is 188 g/mol. The largest absolute Gasteiger partial charge is 0.392 e. The second-order valence-corrected chi connectivity index (χ2v) is 4.84. The molecule has 2 atom stereocenters. The average Bonchev–Trinajstić information content (AvgIpc) is 1.99. The molecule has 0 bridgehead atoms. The predicted molar refractivity (Wildman–Crippen MR) is 57.6 cm³/mol. The van der Waals surface area contributed by atoms with Crippen LogP contribution in [0.5, 0.6) is 0 Å². The molecule has 0 aliphatic heterocycles. The highest BCUT2D eigenvalue weighted by Crippen LogP contribution is 2.16. The van der Waals surface area contributed by atoms with Gasteiger partial charge in [-0.25, -0.2) is 0 Å². The lowest BCUT2D eigenvalue weighted by Gasteiger charge is -2.12. The lowest BCUT2D eigenvalue weighted by atomic mass is 10.2. The first-order valence-corrected chi connectivity index (χ1v) is 5.55. The Kier molecular flexibility index (Phi) is 6.58. The fourth-order valence-corrected chi connectivity index (χ4v) is 1.76. The van der Waals surface area contributed by atoms with E-state index in [-0.39, 0.29) is 6.10 Å². The van der Waals surface area contributed by atoms with E-state index in [1.807, 2.05) is 18.7 Å². The van der Waals surface area contributed by atoms with Crippen molar-refractivity contribution in [2.75, 3.05) is 5.75 Å². The molecule has 0 amide bonds. The van der Waals surface area contributed by atoms with Gasteiger partial charge in [0, 0.05) is 11.0 Å². The van der Waals surface area contributed by atoms with Gasteiger partial charge in [0.25, 0.3) is 0 Å². The van der Waals surface area contributed by atoms with Gasteiger partial charge < -0.3 is 5.11 Å². The van der Waals surface area contributed by atoms with Gasteiger partial charge in [-0.1, -0.05) is 19.4 Å². The second-order valence-electron chi connectivity index (χ2n) is 3.37. The Hall–Kier alpha value is 0.0500. The molecule has 0 aliphatic rings. The summed E-state index contributed by atoms with van der Waals surface area (Å²) in [5, 5.41) is 10.1. The van der Waals surface area contributed by atoms with Gasteiger partial charge in [0.05, 0.1) is 6.10 Å². The Bertz CT molecular complexity index is 134. The SMILES string of the molecule is C=C(C)CC(O)CSC(C)CC. The van der Waals surface area contributed by atoms with Crippen LogP contribution in [0.3, 0.4) is 0 Å². The lowest BCUT2D eigenvalue weighted by Crippen LogP contribution is -2.12. The van der Waals surface area contributed by atoms with E-state index in [0.717, 1.165) is 17.7 Å². The van der Waals surface area contributed by atoms with E-state index in [0.29, 0.717) is 5.25 Å². The van der Waals surface area contributed by atoms with E-state index >= 15 is 0 Å². The number of rotatable bonds is 6. The van der Waals surface area contributed by atoms with E-state index in [1.165, 1.54) is 6.42 Å². The van der Waals surface area contributed by atoms with Crippen LogP contribution in [-0.4, -0.2) is 22.2 Å². The maximum Gasteiger partial charge on any atom is 0.0667 e. The van der Waals surface area contributed by atoms with Gasteiger partial charge in [0.1, 0.15) is 0 Å².